The topological polar surface area (TPSA) is 55.6 Å². The van der Waals surface area contributed by atoms with E-state index in [1.807, 2.05) is 31.4 Å². The highest BCUT2D eigenvalue weighted by Gasteiger charge is 2.02. The molecular weight excluding hydrogens is 238 g/mol. The van der Waals surface area contributed by atoms with Gasteiger partial charge in [-0.05, 0) is 11.5 Å². The summed E-state index contributed by atoms with van der Waals surface area (Å²) in [5.74, 6) is 1.75. The molecule has 0 fully saturated rings. The maximum absolute atomic E-state index is 4.39. The fourth-order valence-corrected chi connectivity index (χ4v) is 2.05. The van der Waals surface area contributed by atoms with Gasteiger partial charge in [-0.2, -0.15) is 5.10 Å². The molecule has 0 radical (unpaired) electrons. The van der Waals surface area contributed by atoms with Gasteiger partial charge in [0.1, 0.15) is 12.1 Å². The number of fused-ring (bicyclic) bond motifs is 1. The van der Waals surface area contributed by atoms with Gasteiger partial charge in [0.25, 0.3) is 0 Å². The molecule has 5 nitrogen and oxygen atoms in total. The van der Waals surface area contributed by atoms with Gasteiger partial charge < -0.3 is 5.32 Å². The van der Waals surface area contributed by atoms with Crippen LogP contribution in [-0.2, 0) is 13.5 Å². The van der Waals surface area contributed by atoms with E-state index < -0.39 is 0 Å². The Hall–Kier alpha value is -2.43. The second-order valence-electron chi connectivity index (χ2n) is 4.39. The lowest BCUT2D eigenvalue weighted by molar-refractivity contribution is 0.742. The van der Waals surface area contributed by atoms with E-state index in [1.54, 1.807) is 11.0 Å². The first-order chi connectivity index (χ1) is 9.33. The van der Waals surface area contributed by atoms with Crippen LogP contribution in [-0.4, -0.2) is 26.3 Å². The van der Waals surface area contributed by atoms with Crippen molar-refractivity contribution in [1.82, 2.24) is 19.7 Å². The summed E-state index contributed by atoms with van der Waals surface area (Å²) in [6.45, 7) is 0.769. The van der Waals surface area contributed by atoms with Crippen LogP contribution in [0.3, 0.4) is 0 Å². The van der Waals surface area contributed by atoms with Crippen molar-refractivity contribution in [2.45, 2.75) is 6.42 Å². The Balaban J connectivity index is 1.71. The number of pyridine rings is 1. The molecule has 0 amide bonds. The zero-order valence-electron chi connectivity index (χ0n) is 10.7. The maximum Gasteiger partial charge on any atom is 0.152 e. The van der Waals surface area contributed by atoms with E-state index in [4.69, 9.17) is 0 Å². The second-order valence-corrected chi connectivity index (χ2v) is 4.39. The Morgan fingerprint density at radius 1 is 1.16 bits per heavy atom. The van der Waals surface area contributed by atoms with Gasteiger partial charge in [0.2, 0.25) is 0 Å². The molecule has 0 aliphatic carbocycles. The number of benzene rings is 1. The number of hydrogen-bond acceptors (Lipinski definition) is 4. The smallest absolute Gasteiger partial charge is 0.152 e. The zero-order chi connectivity index (χ0) is 13.1. The summed E-state index contributed by atoms with van der Waals surface area (Å²) >= 11 is 0. The van der Waals surface area contributed by atoms with Crippen molar-refractivity contribution >= 4 is 16.6 Å². The van der Waals surface area contributed by atoms with Crippen molar-refractivity contribution in [2.24, 2.45) is 7.05 Å². The number of aromatic nitrogens is 4. The first kappa shape index (κ1) is 11.6. The van der Waals surface area contributed by atoms with Crippen LogP contribution in [0.1, 0.15) is 5.82 Å². The van der Waals surface area contributed by atoms with Gasteiger partial charge in [-0.1, -0.05) is 24.3 Å². The maximum atomic E-state index is 4.39. The molecule has 3 rings (SSSR count). The molecule has 0 spiro atoms. The molecule has 0 atom stereocenters. The molecule has 3 aromatic rings. The molecule has 0 aliphatic heterocycles. The van der Waals surface area contributed by atoms with Crippen molar-refractivity contribution in [3.05, 3.63) is 48.7 Å². The molecule has 19 heavy (non-hydrogen) atoms. The molecule has 2 aromatic heterocycles. The third-order valence-corrected chi connectivity index (χ3v) is 2.96. The molecule has 96 valence electrons. The highest BCUT2D eigenvalue weighted by Crippen LogP contribution is 2.19. The highest BCUT2D eigenvalue weighted by atomic mass is 15.3. The molecule has 0 saturated carbocycles. The van der Waals surface area contributed by atoms with Crippen LogP contribution in [0.2, 0.25) is 0 Å². The Kier molecular flexibility index (Phi) is 3.10. The van der Waals surface area contributed by atoms with Crippen molar-refractivity contribution in [3.63, 3.8) is 0 Å². The predicted molar refractivity (Wildman–Crippen MR) is 74.9 cm³/mol. The fraction of sp³-hybridized carbons (Fsp3) is 0.214. The first-order valence-electron chi connectivity index (χ1n) is 6.25. The Labute approximate surface area is 111 Å². The quantitative estimate of drug-likeness (QED) is 0.773. The van der Waals surface area contributed by atoms with Gasteiger partial charge in [-0.15, -0.1) is 0 Å². The van der Waals surface area contributed by atoms with Crippen molar-refractivity contribution < 1.29 is 0 Å². The Morgan fingerprint density at radius 3 is 2.89 bits per heavy atom. The zero-order valence-corrected chi connectivity index (χ0v) is 10.7. The average molecular weight is 253 g/mol. The van der Waals surface area contributed by atoms with Crippen molar-refractivity contribution in [3.8, 4) is 0 Å². The number of rotatable bonds is 4. The minimum atomic E-state index is 0.769. The van der Waals surface area contributed by atoms with E-state index in [1.165, 1.54) is 5.39 Å². The van der Waals surface area contributed by atoms with Crippen molar-refractivity contribution in [2.75, 3.05) is 11.9 Å². The third kappa shape index (κ3) is 2.54. The van der Waals surface area contributed by atoms with E-state index >= 15 is 0 Å². The molecule has 0 aliphatic rings. The van der Waals surface area contributed by atoms with Crippen LogP contribution >= 0.6 is 0 Å². The standard InChI is InChI=1S/C14H15N5/c1-19-10-17-13(18-19)7-9-16-14-12-5-3-2-4-11(12)6-8-15-14/h2-6,8,10H,7,9H2,1H3,(H,15,16). The number of aryl methyl sites for hydroxylation is 1. The van der Waals surface area contributed by atoms with Gasteiger partial charge in [0.15, 0.2) is 5.82 Å². The van der Waals surface area contributed by atoms with Crippen molar-refractivity contribution in [1.29, 1.82) is 0 Å². The average Bonchev–Trinajstić information content (AvgIpc) is 2.85. The van der Waals surface area contributed by atoms with Gasteiger partial charge in [-0.25, -0.2) is 9.97 Å². The normalized spacial score (nSPS) is 10.8. The summed E-state index contributed by atoms with van der Waals surface area (Å²) in [4.78, 5) is 8.59. The minimum absolute atomic E-state index is 0.769. The van der Waals surface area contributed by atoms with E-state index in [0.717, 1.165) is 30.0 Å². The van der Waals surface area contributed by atoms with Crippen LogP contribution in [0.5, 0.6) is 0 Å². The number of nitrogens with zero attached hydrogens (tertiary/aromatic N) is 4. The molecule has 2 heterocycles. The van der Waals surface area contributed by atoms with E-state index in [9.17, 15) is 0 Å². The van der Waals surface area contributed by atoms with Crippen LogP contribution in [0.15, 0.2) is 42.9 Å². The summed E-state index contributed by atoms with van der Waals surface area (Å²) in [5, 5.41) is 9.92. The van der Waals surface area contributed by atoms with Gasteiger partial charge in [-0.3, -0.25) is 4.68 Å². The summed E-state index contributed by atoms with van der Waals surface area (Å²) in [6.07, 6.45) is 4.32. The van der Waals surface area contributed by atoms with Gasteiger partial charge in [0, 0.05) is 31.6 Å². The minimum Gasteiger partial charge on any atom is -0.369 e. The van der Waals surface area contributed by atoms with E-state index in [0.29, 0.717) is 0 Å². The highest BCUT2D eigenvalue weighted by molar-refractivity contribution is 5.91. The number of anilines is 1. The third-order valence-electron chi connectivity index (χ3n) is 2.96. The molecule has 1 aromatic carbocycles. The van der Waals surface area contributed by atoms with Crippen LogP contribution in [0, 0.1) is 0 Å². The Bertz CT molecular complexity index is 684. The largest absolute Gasteiger partial charge is 0.369 e. The van der Waals surface area contributed by atoms with Gasteiger partial charge >= 0.3 is 0 Å². The predicted octanol–water partition coefficient (Wildman–Crippen LogP) is 2.02. The summed E-state index contributed by atoms with van der Waals surface area (Å²) in [6, 6.07) is 10.2. The molecule has 1 N–H and O–H groups in total. The monoisotopic (exact) mass is 253 g/mol. The number of hydrogen-bond donors (Lipinski definition) is 1. The van der Waals surface area contributed by atoms with Gasteiger partial charge in [0.05, 0.1) is 0 Å². The summed E-state index contributed by atoms with van der Waals surface area (Å²) < 4.78 is 1.71. The van der Waals surface area contributed by atoms with Crippen LogP contribution in [0.25, 0.3) is 10.8 Å². The lowest BCUT2D eigenvalue weighted by atomic mass is 10.1. The SMILES string of the molecule is Cn1cnc(CCNc2nccc3ccccc23)n1. The summed E-state index contributed by atoms with van der Waals surface area (Å²) in [7, 11) is 1.87. The van der Waals surface area contributed by atoms with E-state index in [2.05, 4.69) is 32.5 Å². The second kappa shape index (κ2) is 5.06. The lowest BCUT2D eigenvalue weighted by Crippen LogP contribution is -2.08. The summed E-state index contributed by atoms with van der Waals surface area (Å²) in [5.41, 5.74) is 0. The lowest BCUT2D eigenvalue weighted by Gasteiger charge is -2.07. The molecule has 5 heteroatoms. The molecule has 0 unspecified atom stereocenters. The van der Waals surface area contributed by atoms with E-state index in [-0.39, 0.29) is 0 Å². The molecule has 0 saturated heterocycles. The molecular formula is C14H15N5. The fourth-order valence-electron chi connectivity index (χ4n) is 2.05. The molecule has 0 bridgehead atoms. The Morgan fingerprint density at radius 2 is 2.05 bits per heavy atom. The number of nitrogens with one attached hydrogen (secondary N) is 1. The van der Waals surface area contributed by atoms with Crippen LogP contribution < -0.4 is 5.32 Å². The first-order valence-corrected chi connectivity index (χ1v) is 6.25. The van der Waals surface area contributed by atoms with Crippen LogP contribution in [0.4, 0.5) is 5.82 Å².